The zero-order valence-corrected chi connectivity index (χ0v) is 27.2. The Labute approximate surface area is 257 Å². The molecule has 230 valence electrons. The molecule has 13 heteroatoms. The van der Waals surface area contributed by atoms with Gasteiger partial charge in [0.1, 0.15) is 11.4 Å². The van der Waals surface area contributed by atoms with Crippen molar-refractivity contribution in [1.29, 1.82) is 0 Å². The van der Waals surface area contributed by atoms with Crippen molar-refractivity contribution in [1.82, 2.24) is 5.32 Å². The molecule has 0 saturated carbocycles. The van der Waals surface area contributed by atoms with E-state index in [4.69, 9.17) is 46.0 Å². The molecule has 0 heterocycles. The maximum atomic E-state index is 12.8. The minimum Gasteiger partial charge on any atom is -0.466 e. The van der Waals surface area contributed by atoms with Crippen LogP contribution in [0.1, 0.15) is 39.2 Å². The maximum absolute atomic E-state index is 12.8. The average molecular weight is 641 g/mol. The van der Waals surface area contributed by atoms with Crippen molar-refractivity contribution in [3.63, 3.8) is 0 Å². The molecule has 0 aliphatic rings. The molecule has 1 atom stereocenters. The van der Waals surface area contributed by atoms with Crippen molar-refractivity contribution in [3.8, 4) is 5.75 Å². The van der Waals surface area contributed by atoms with E-state index in [2.05, 4.69) is 16.7 Å². The Morgan fingerprint density at radius 2 is 1.88 bits per heavy atom. The van der Waals surface area contributed by atoms with Crippen LogP contribution in [-0.2, 0) is 34.0 Å². The molecule has 0 aliphatic carbocycles. The predicted molar refractivity (Wildman–Crippen MR) is 164 cm³/mol. The highest BCUT2D eigenvalue weighted by Gasteiger charge is 2.37. The number of rotatable bonds is 16. The quantitative estimate of drug-likeness (QED) is 0.0840. The fourth-order valence-electron chi connectivity index (χ4n) is 3.74. The number of carbonyl (C=O) groups excluding carboxylic acids is 1. The number of carbonyl (C=O) groups is 1. The highest BCUT2D eigenvalue weighted by Crippen LogP contribution is 2.48. The first kappa shape index (κ1) is 35.6. The summed E-state index contributed by atoms with van der Waals surface area (Å²) in [5.74, 6) is 0.585. The molecule has 0 unspecified atom stereocenters. The Bertz CT molecular complexity index is 1310. The summed E-state index contributed by atoms with van der Waals surface area (Å²) in [4.78, 5) is 17.9. The molecular weight excluding hydrogens is 603 g/mol. The van der Waals surface area contributed by atoms with Crippen LogP contribution in [0, 0.1) is 6.57 Å². The molecule has 10 nitrogen and oxygen atoms in total. The summed E-state index contributed by atoms with van der Waals surface area (Å²) in [6.45, 7) is 16.3. The highest BCUT2D eigenvalue weighted by atomic mass is 35.5. The summed E-state index contributed by atoms with van der Waals surface area (Å²) in [7, 11) is 0.119. The minimum absolute atomic E-state index is 0.0718. The van der Waals surface area contributed by atoms with Crippen LogP contribution in [0.5, 0.6) is 5.75 Å². The van der Waals surface area contributed by atoms with Gasteiger partial charge >= 0.3 is 13.9 Å². The van der Waals surface area contributed by atoms with Crippen LogP contribution < -0.4 is 10.1 Å². The summed E-state index contributed by atoms with van der Waals surface area (Å²) in [6.07, 6.45) is 2.00. The molecular formula is C29H38ClN2O8PS. The number of halogens is 1. The number of phosphoric acid groups is 1. The van der Waals surface area contributed by atoms with Crippen molar-refractivity contribution in [2.75, 3.05) is 34.7 Å². The summed E-state index contributed by atoms with van der Waals surface area (Å²) in [5.41, 5.74) is -0.511. The van der Waals surface area contributed by atoms with Crippen molar-refractivity contribution >= 4 is 43.0 Å². The second-order valence-corrected chi connectivity index (χ2v) is 13.5. The van der Waals surface area contributed by atoms with Gasteiger partial charge in [-0.15, -0.1) is 6.58 Å². The van der Waals surface area contributed by atoms with Gasteiger partial charge in [0.25, 0.3) is 0 Å². The largest absolute Gasteiger partial charge is 0.474 e. The van der Waals surface area contributed by atoms with E-state index in [0.717, 1.165) is 15.4 Å². The lowest BCUT2D eigenvalue weighted by atomic mass is 9.88. The van der Waals surface area contributed by atoms with Crippen LogP contribution in [0.4, 0.5) is 10.5 Å². The van der Waals surface area contributed by atoms with E-state index in [-0.39, 0.29) is 19.8 Å². The number of nitrogens with one attached hydrogen (secondary N) is 1. The third-order valence-electron chi connectivity index (χ3n) is 5.76. The lowest BCUT2D eigenvalue weighted by molar-refractivity contribution is 0.0369. The van der Waals surface area contributed by atoms with Crippen molar-refractivity contribution in [2.24, 2.45) is 0 Å². The van der Waals surface area contributed by atoms with Crippen LogP contribution in [0.25, 0.3) is 4.85 Å². The molecule has 1 N–H and O–H groups in total. The Morgan fingerprint density at radius 1 is 1.17 bits per heavy atom. The second kappa shape index (κ2) is 16.3. The third kappa shape index (κ3) is 11.3. The number of aryl methyl sites for hydroxylation is 1. The molecule has 2 aromatic rings. The number of hydrogen-bond acceptors (Lipinski definition) is 9. The molecule has 0 aliphatic heterocycles. The van der Waals surface area contributed by atoms with Crippen LogP contribution in [0.2, 0.25) is 5.02 Å². The van der Waals surface area contributed by atoms with Gasteiger partial charge in [-0.25, -0.2) is 14.2 Å². The SMILES string of the molecule is [C-]#[N+]c1ccc(OCOC)c(Sc2ccc(CC[C@@](CC=C)(COP(=O)(OC)OC)NC(=O)OC(C)(C)C)c(Cl)c2)c1. The fourth-order valence-corrected chi connectivity index (χ4v) is 5.82. The van der Waals surface area contributed by atoms with Gasteiger partial charge in [-0.2, -0.15) is 0 Å². The summed E-state index contributed by atoms with van der Waals surface area (Å²) < 4.78 is 44.2. The molecule has 0 aromatic heterocycles. The molecule has 1 amide bonds. The Balaban J connectivity index is 2.31. The van der Waals surface area contributed by atoms with E-state index in [1.54, 1.807) is 45.0 Å². The first-order valence-electron chi connectivity index (χ1n) is 12.9. The highest BCUT2D eigenvalue weighted by molar-refractivity contribution is 7.99. The third-order valence-corrected chi connectivity index (χ3v) is 8.48. The normalized spacial score (nSPS) is 13.1. The van der Waals surface area contributed by atoms with Gasteiger partial charge in [0.05, 0.1) is 18.7 Å². The molecule has 0 fully saturated rings. The number of phosphoric ester groups is 1. The molecule has 0 bridgehead atoms. The van der Waals surface area contributed by atoms with Crippen molar-refractivity contribution in [3.05, 3.63) is 71.1 Å². The van der Waals surface area contributed by atoms with E-state index in [1.807, 2.05) is 18.2 Å². The zero-order chi connectivity index (χ0) is 31.4. The Kier molecular flexibility index (Phi) is 13.9. The topological polar surface area (TPSA) is 106 Å². The standard InChI is InChI=1S/C29H38ClN2O8PS/c1-9-15-29(19-39-41(34,36-7)37-8,32-27(33)40-28(2,3)4)16-14-21-10-12-23(18-24(21)30)42-26-17-22(31-5)11-13-25(26)38-20-35-6/h9-13,17-18H,1,14-16,19-20H2,2-4,6-8H3,(H,32,33)/t29-/m0/s1. The van der Waals surface area contributed by atoms with E-state index >= 15 is 0 Å². The summed E-state index contributed by atoms with van der Waals surface area (Å²) in [5, 5.41) is 3.40. The van der Waals surface area contributed by atoms with Gasteiger partial charge in [-0.05, 0) is 69.9 Å². The van der Waals surface area contributed by atoms with Gasteiger partial charge in [0.15, 0.2) is 12.5 Å². The predicted octanol–water partition coefficient (Wildman–Crippen LogP) is 8.21. The second-order valence-electron chi connectivity index (χ2n) is 10.1. The average Bonchev–Trinajstić information content (AvgIpc) is 2.94. The van der Waals surface area contributed by atoms with Gasteiger partial charge in [-0.1, -0.05) is 41.6 Å². The Morgan fingerprint density at radius 3 is 2.45 bits per heavy atom. The van der Waals surface area contributed by atoms with Crippen LogP contribution in [-0.4, -0.2) is 52.0 Å². The van der Waals surface area contributed by atoms with E-state index in [1.165, 1.54) is 33.1 Å². The first-order valence-corrected chi connectivity index (χ1v) is 15.5. The van der Waals surface area contributed by atoms with Crippen molar-refractivity contribution < 1.29 is 37.1 Å². The van der Waals surface area contributed by atoms with Crippen molar-refractivity contribution in [2.45, 2.75) is 61.0 Å². The fraction of sp³-hybridized carbons (Fsp3) is 0.448. The minimum atomic E-state index is -3.84. The molecule has 0 saturated heterocycles. The summed E-state index contributed by atoms with van der Waals surface area (Å²) in [6, 6.07) is 10.8. The number of hydrogen-bond donors (Lipinski definition) is 1. The van der Waals surface area contributed by atoms with E-state index < -0.39 is 25.1 Å². The molecule has 0 spiro atoms. The lowest BCUT2D eigenvalue weighted by Crippen LogP contribution is -2.53. The van der Waals surface area contributed by atoms with Crippen LogP contribution in [0.15, 0.2) is 58.8 Å². The number of ether oxygens (including phenoxy) is 3. The van der Waals surface area contributed by atoms with Gasteiger partial charge in [-0.3, -0.25) is 13.6 Å². The first-order chi connectivity index (χ1) is 19.8. The number of benzene rings is 2. The lowest BCUT2D eigenvalue weighted by Gasteiger charge is -2.35. The van der Waals surface area contributed by atoms with Gasteiger partial charge < -0.3 is 19.5 Å². The maximum Gasteiger partial charge on any atom is 0.474 e. The number of nitrogens with zero attached hydrogens (tertiary/aromatic N) is 1. The van der Waals surface area contributed by atoms with Crippen LogP contribution >= 0.6 is 31.2 Å². The monoisotopic (exact) mass is 640 g/mol. The zero-order valence-electron chi connectivity index (χ0n) is 24.7. The number of alkyl carbamates (subject to hydrolysis) is 1. The van der Waals surface area contributed by atoms with Gasteiger partial charge in [0.2, 0.25) is 0 Å². The smallest absolute Gasteiger partial charge is 0.466 e. The summed E-state index contributed by atoms with van der Waals surface area (Å²) >= 11 is 8.11. The van der Waals surface area contributed by atoms with E-state index in [9.17, 15) is 9.36 Å². The molecule has 42 heavy (non-hydrogen) atoms. The Hall–Kier alpha value is -2.55. The van der Waals surface area contributed by atoms with Gasteiger partial charge in [0, 0.05) is 36.1 Å². The number of amides is 1. The molecule has 0 radical (unpaired) electrons. The molecule has 2 aromatic carbocycles. The van der Waals surface area contributed by atoms with E-state index in [0.29, 0.717) is 29.3 Å². The molecule has 2 rings (SSSR count). The van der Waals surface area contributed by atoms with Crippen LogP contribution in [0.3, 0.4) is 0 Å². The number of methoxy groups -OCH3 is 1.